The van der Waals surface area contributed by atoms with Gasteiger partial charge in [-0.25, -0.2) is 5.11 Å². The van der Waals surface area contributed by atoms with Crippen LogP contribution < -0.4 is 0 Å². The standard InChI is InChI=1S/C14H21O/c1-4-7-14(15)13-9-8-11(5-2)10-12(13)6-3/h8-10,14H,4-7H2,1-3H3. The van der Waals surface area contributed by atoms with E-state index in [1.165, 1.54) is 11.1 Å². The van der Waals surface area contributed by atoms with Gasteiger partial charge in [-0.15, -0.1) is 0 Å². The highest BCUT2D eigenvalue weighted by Crippen LogP contribution is 2.24. The van der Waals surface area contributed by atoms with Gasteiger partial charge in [-0.2, -0.15) is 0 Å². The van der Waals surface area contributed by atoms with Crippen molar-refractivity contribution < 1.29 is 5.11 Å². The summed E-state index contributed by atoms with van der Waals surface area (Å²) in [4.78, 5) is 0. The average Bonchev–Trinajstić information content (AvgIpc) is 2.28. The predicted octanol–water partition coefficient (Wildman–Crippen LogP) is 4.08. The molecule has 0 heterocycles. The highest BCUT2D eigenvalue weighted by Gasteiger charge is 2.12. The molecule has 1 atom stereocenters. The highest BCUT2D eigenvalue weighted by atomic mass is 16.3. The maximum atomic E-state index is 11.9. The second-order valence-corrected chi connectivity index (χ2v) is 4.02. The van der Waals surface area contributed by atoms with Crippen molar-refractivity contribution in [2.24, 2.45) is 0 Å². The second kappa shape index (κ2) is 5.92. The van der Waals surface area contributed by atoms with Gasteiger partial charge in [0.2, 0.25) is 0 Å². The normalized spacial score (nSPS) is 12.8. The van der Waals surface area contributed by atoms with Crippen LogP contribution >= 0.6 is 0 Å². The van der Waals surface area contributed by atoms with E-state index in [9.17, 15) is 5.11 Å². The van der Waals surface area contributed by atoms with Crippen LogP contribution in [0.3, 0.4) is 0 Å². The summed E-state index contributed by atoms with van der Waals surface area (Å²) in [6.45, 7) is 6.34. The van der Waals surface area contributed by atoms with Crippen molar-refractivity contribution in [3.05, 3.63) is 34.9 Å². The van der Waals surface area contributed by atoms with Gasteiger partial charge in [-0.1, -0.05) is 45.4 Å². The van der Waals surface area contributed by atoms with Crippen LogP contribution in [0.4, 0.5) is 0 Å². The Bertz CT molecular complexity index is 304. The first-order valence-corrected chi connectivity index (χ1v) is 6.00. The Labute approximate surface area is 93.1 Å². The molecule has 83 valence electrons. The van der Waals surface area contributed by atoms with Crippen molar-refractivity contribution in [2.45, 2.75) is 52.6 Å². The van der Waals surface area contributed by atoms with E-state index >= 15 is 0 Å². The number of hydrogen-bond donors (Lipinski definition) is 0. The maximum absolute atomic E-state index is 11.9. The van der Waals surface area contributed by atoms with Crippen LogP contribution in [0.25, 0.3) is 0 Å². The lowest BCUT2D eigenvalue weighted by Gasteiger charge is -2.13. The fourth-order valence-electron chi connectivity index (χ4n) is 1.92. The van der Waals surface area contributed by atoms with E-state index in [1.807, 2.05) is 6.07 Å². The summed E-state index contributed by atoms with van der Waals surface area (Å²) in [5.74, 6) is 0. The molecular weight excluding hydrogens is 184 g/mol. The van der Waals surface area contributed by atoms with E-state index < -0.39 is 6.10 Å². The molecule has 0 aromatic heterocycles. The molecule has 15 heavy (non-hydrogen) atoms. The summed E-state index contributed by atoms with van der Waals surface area (Å²) in [5, 5.41) is 11.9. The number of rotatable bonds is 5. The van der Waals surface area contributed by atoms with Crippen molar-refractivity contribution in [1.29, 1.82) is 0 Å². The van der Waals surface area contributed by atoms with Crippen LogP contribution in [0.2, 0.25) is 0 Å². The van der Waals surface area contributed by atoms with Gasteiger partial charge in [0, 0.05) is 0 Å². The Morgan fingerprint density at radius 2 is 1.87 bits per heavy atom. The molecule has 0 bridgehead atoms. The molecule has 0 spiro atoms. The van der Waals surface area contributed by atoms with Gasteiger partial charge in [0.1, 0.15) is 6.10 Å². The first-order chi connectivity index (χ1) is 7.22. The molecule has 0 saturated heterocycles. The van der Waals surface area contributed by atoms with Gasteiger partial charge in [0.25, 0.3) is 0 Å². The lowest BCUT2D eigenvalue weighted by atomic mass is 9.95. The van der Waals surface area contributed by atoms with Crippen molar-refractivity contribution in [3.63, 3.8) is 0 Å². The molecule has 1 aromatic rings. The molecule has 0 aliphatic carbocycles. The molecule has 0 aliphatic rings. The Morgan fingerprint density at radius 3 is 2.40 bits per heavy atom. The molecule has 1 nitrogen and oxygen atoms in total. The summed E-state index contributed by atoms with van der Waals surface area (Å²) in [5.41, 5.74) is 3.58. The molecular formula is C14H21O. The van der Waals surface area contributed by atoms with Gasteiger partial charge in [-0.05, 0) is 36.0 Å². The molecule has 0 amide bonds. The Kier molecular flexibility index (Phi) is 4.83. The number of benzene rings is 1. The van der Waals surface area contributed by atoms with Crippen LogP contribution in [0.1, 0.15) is 56.4 Å². The Hall–Kier alpha value is -0.820. The van der Waals surface area contributed by atoms with E-state index in [2.05, 4.69) is 32.9 Å². The smallest absolute Gasteiger partial charge is 0.118 e. The zero-order valence-electron chi connectivity index (χ0n) is 10.0. The molecule has 0 aliphatic heterocycles. The largest absolute Gasteiger partial charge is 0.228 e. The van der Waals surface area contributed by atoms with Crippen LogP contribution in [-0.2, 0) is 17.9 Å². The third-order valence-electron chi connectivity index (χ3n) is 2.89. The monoisotopic (exact) mass is 205 g/mol. The Morgan fingerprint density at radius 1 is 1.13 bits per heavy atom. The summed E-state index contributed by atoms with van der Waals surface area (Å²) in [6, 6.07) is 6.32. The minimum atomic E-state index is -0.532. The van der Waals surface area contributed by atoms with E-state index in [4.69, 9.17) is 0 Å². The fraction of sp³-hybridized carbons (Fsp3) is 0.571. The molecule has 1 radical (unpaired) electrons. The molecule has 1 rings (SSSR count). The zero-order valence-corrected chi connectivity index (χ0v) is 10.0. The molecule has 1 heteroatoms. The topological polar surface area (TPSA) is 19.9 Å². The molecule has 0 saturated carbocycles. The van der Waals surface area contributed by atoms with E-state index in [0.29, 0.717) is 0 Å². The lowest BCUT2D eigenvalue weighted by Crippen LogP contribution is -2.01. The van der Waals surface area contributed by atoms with E-state index in [0.717, 1.165) is 31.2 Å². The van der Waals surface area contributed by atoms with Gasteiger partial charge in [0.05, 0.1) is 0 Å². The lowest BCUT2D eigenvalue weighted by molar-refractivity contribution is 0.0798. The quantitative estimate of drug-likeness (QED) is 0.690. The van der Waals surface area contributed by atoms with Gasteiger partial charge in [0.15, 0.2) is 0 Å². The summed E-state index contributed by atoms with van der Waals surface area (Å²) in [7, 11) is 0. The van der Waals surface area contributed by atoms with Crippen molar-refractivity contribution in [3.8, 4) is 0 Å². The average molecular weight is 205 g/mol. The fourth-order valence-corrected chi connectivity index (χ4v) is 1.92. The van der Waals surface area contributed by atoms with Crippen LogP contribution in [0.5, 0.6) is 0 Å². The number of hydrogen-bond acceptors (Lipinski definition) is 0. The molecule has 1 unspecified atom stereocenters. The van der Waals surface area contributed by atoms with Crippen molar-refractivity contribution >= 4 is 0 Å². The minimum Gasteiger partial charge on any atom is -0.228 e. The third kappa shape index (κ3) is 3.07. The minimum absolute atomic E-state index is 0.532. The predicted molar refractivity (Wildman–Crippen MR) is 63.5 cm³/mol. The molecule has 1 aromatic carbocycles. The van der Waals surface area contributed by atoms with Gasteiger partial charge < -0.3 is 0 Å². The Balaban J connectivity index is 2.96. The third-order valence-corrected chi connectivity index (χ3v) is 2.89. The van der Waals surface area contributed by atoms with E-state index in [1.54, 1.807) is 0 Å². The summed E-state index contributed by atoms with van der Waals surface area (Å²) >= 11 is 0. The van der Waals surface area contributed by atoms with Crippen molar-refractivity contribution in [2.75, 3.05) is 0 Å². The van der Waals surface area contributed by atoms with Crippen LogP contribution in [0, 0.1) is 0 Å². The zero-order chi connectivity index (χ0) is 11.3. The van der Waals surface area contributed by atoms with Gasteiger partial charge in [-0.3, -0.25) is 0 Å². The van der Waals surface area contributed by atoms with Crippen LogP contribution in [0.15, 0.2) is 18.2 Å². The summed E-state index contributed by atoms with van der Waals surface area (Å²) < 4.78 is 0. The van der Waals surface area contributed by atoms with Crippen LogP contribution in [-0.4, -0.2) is 0 Å². The summed E-state index contributed by atoms with van der Waals surface area (Å²) in [6.07, 6.45) is 3.19. The first kappa shape index (κ1) is 12.3. The second-order valence-electron chi connectivity index (χ2n) is 4.02. The number of aryl methyl sites for hydroxylation is 2. The molecule has 0 fully saturated rings. The van der Waals surface area contributed by atoms with Gasteiger partial charge >= 0.3 is 0 Å². The highest BCUT2D eigenvalue weighted by molar-refractivity contribution is 5.33. The van der Waals surface area contributed by atoms with E-state index in [-0.39, 0.29) is 0 Å². The maximum Gasteiger partial charge on any atom is 0.118 e. The SMILES string of the molecule is CCCC([O])c1ccc(CC)cc1CC. The molecule has 0 N–H and O–H groups in total. The first-order valence-electron chi connectivity index (χ1n) is 6.00. The van der Waals surface area contributed by atoms with Crippen molar-refractivity contribution in [1.82, 2.24) is 0 Å².